The molecule has 0 spiro atoms. The van der Waals surface area contributed by atoms with Crippen LogP contribution >= 0.6 is 0 Å². The van der Waals surface area contributed by atoms with Gasteiger partial charge in [-0.05, 0) is 18.7 Å². The summed E-state index contributed by atoms with van der Waals surface area (Å²) in [5, 5.41) is 0. The summed E-state index contributed by atoms with van der Waals surface area (Å²) in [7, 11) is 1.90. The van der Waals surface area contributed by atoms with Crippen molar-refractivity contribution in [2.24, 2.45) is 5.73 Å². The molecule has 6 heteroatoms. The summed E-state index contributed by atoms with van der Waals surface area (Å²) < 4.78 is 44.3. The van der Waals surface area contributed by atoms with E-state index >= 15 is 0 Å². The number of hydrogen-bond acceptors (Lipinski definition) is 3. The Morgan fingerprint density at radius 2 is 2.05 bits per heavy atom. The molecule has 1 saturated heterocycles. The van der Waals surface area contributed by atoms with Crippen molar-refractivity contribution in [3.8, 4) is 0 Å². The van der Waals surface area contributed by atoms with E-state index in [0.29, 0.717) is 13.2 Å². The highest BCUT2D eigenvalue weighted by molar-refractivity contribution is 5.33. The summed E-state index contributed by atoms with van der Waals surface area (Å²) >= 11 is 0. The molecule has 1 fully saturated rings. The highest BCUT2D eigenvalue weighted by atomic mass is 19.4. The largest absolute Gasteiger partial charge is 0.416 e. The second-order valence-electron chi connectivity index (χ2n) is 4.78. The van der Waals surface area contributed by atoms with Crippen LogP contribution in [-0.4, -0.2) is 37.7 Å². The van der Waals surface area contributed by atoms with Gasteiger partial charge < -0.3 is 15.4 Å². The highest BCUT2D eigenvalue weighted by Crippen LogP contribution is 2.35. The molecule has 0 aromatic heterocycles. The number of halogens is 3. The number of benzene rings is 1. The molecular weight excluding hydrogens is 257 g/mol. The van der Waals surface area contributed by atoms with Gasteiger partial charge in [0.05, 0.1) is 24.3 Å². The quantitative estimate of drug-likeness (QED) is 0.897. The number of hydrogen-bond donors (Lipinski definition) is 1. The first-order valence-corrected chi connectivity index (χ1v) is 6.11. The number of nitrogens with zero attached hydrogens (tertiary/aromatic N) is 1. The minimum Gasteiger partial charge on any atom is -0.374 e. The molecule has 0 aliphatic carbocycles. The Morgan fingerprint density at radius 3 is 2.68 bits per heavy atom. The molecule has 1 heterocycles. The molecule has 2 atom stereocenters. The zero-order valence-corrected chi connectivity index (χ0v) is 10.7. The van der Waals surface area contributed by atoms with Crippen molar-refractivity contribution in [1.82, 2.24) is 4.90 Å². The van der Waals surface area contributed by atoms with E-state index in [-0.39, 0.29) is 5.56 Å². The minimum absolute atomic E-state index is 0.0929. The molecule has 1 aromatic rings. The van der Waals surface area contributed by atoms with E-state index in [4.69, 9.17) is 10.5 Å². The lowest BCUT2D eigenvalue weighted by molar-refractivity contribution is -0.139. The fourth-order valence-corrected chi connectivity index (χ4v) is 2.27. The van der Waals surface area contributed by atoms with Gasteiger partial charge in [-0.25, -0.2) is 0 Å². The van der Waals surface area contributed by atoms with Gasteiger partial charge in [-0.15, -0.1) is 0 Å². The Hall–Kier alpha value is -1.11. The SMILES string of the molecule is CN1CCOC(C(N)c2ccccc2C(F)(F)F)C1. The zero-order valence-electron chi connectivity index (χ0n) is 10.7. The molecule has 2 rings (SSSR count). The lowest BCUT2D eigenvalue weighted by Crippen LogP contribution is -2.45. The second-order valence-corrected chi connectivity index (χ2v) is 4.78. The number of alkyl halides is 3. The average molecular weight is 274 g/mol. The maximum Gasteiger partial charge on any atom is 0.416 e. The normalized spacial score (nSPS) is 23.3. The van der Waals surface area contributed by atoms with E-state index in [0.717, 1.165) is 12.6 Å². The number of likely N-dealkylation sites (N-methyl/N-ethyl adjacent to an activating group) is 1. The van der Waals surface area contributed by atoms with Gasteiger partial charge >= 0.3 is 6.18 Å². The van der Waals surface area contributed by atoms with Crippen LogP contribution in [0.4, 0.5) is 13.2 Å². The molecule has 0 radical (unpaired) electrons. The predicted octanol–water partition coefficient (Wildman–Crippen LogP) is 2.04. The standard InChI is InChI=1S/C13H17F3N2O/c1-18-6-7-19-11(8-18)12(17)9-4-2-3-5-10(9)13(14,15)16/h2-5,11-12H,6-8,17H2,1H3. The number of ether oxygens (including phenoxy) is 1. The number of nitrogens with two attached hydrogens (primary N) is 1. The molecule has 2 unspecified atom stereocenters. The van der Waals surface area contributed by atoms with E-state index in [9.17, 15) is 13.2 Å². The summed E-state index contributed by atoms with van der Waals surface area (Å²) in [5.74, 6) is 0. The number of rotatable bonds is 2. The Morgan fingerprint density at radius 1 is 1.37 bits per heavy atom. The van der Waals surface area contributed by atoms with Crippen LogP contribution in [0.25, 0.3) is 0 Å². The Bertz CT molecular complexity index is 436. The maximum absolute atomic E-state index is 12.9. The van der Waals surface area contributed by atoms with Crippen molar-refractivity contribution in [2.75, 3.05) is 26.7 Å². The van der Waals surface area contributed by atoms with Crippen LogP contribution in [0.2, 0.25) is 0 Å². The minimum atomic E-state index is -4.39. The van der Waals surface area contributed by atoms with Gasteiger partial charge in [0.2, 0.25) is 0 Å². The summed E-state index contributed by atoms with van der Waals surface area (Å²) in [6.07, 6.45) is -4.81. The summed E-state index contributed by atoms with van der Waals surface area (Å²) in [5.41, 5.74) is 5.39. The highest BCUT2D eigenvalue weighted by Gasteiger charge is 2.36. The van der Waals surface area contributed by atoms with Crippen LogP contribution in [0.15, 0.2) is 24.3 Å². The first-order valence-electron chi connectivity index (χ1n) is 6.11. The first kappa shape index (κ1) is 14.3. The predicted molar refractivity (Wildman–Crippen MR) is 65.6 cm³/mol. The molecule has 1 aromatic carbocycles. The fourth-order valence-electron chi connectivity index (χ4n) is 2.27. The van der Waals surface area contributed by atoms with E-state index in [1.54, 1.807) is 6.07 Å². The van der Waals surface area contributed by atoms with Gasteiger partial charge in [0.1, 0.15) is 0 Å². The molecule has 1 aliphatic rings. The third kappa shape index (κ3) is 3.26. The van der Waals surface area contributed by atoms with Crippen LogP contribution < -0.4 is 5.73 Å². The van der Waals surface area contributed by atoms with Gasteiger partial charge in [0, 0.05) is 13.1 Å². The molecular formula is C13H17F3N2O. The van der Waals surface area contributed by atoms with Crippen LogP contribution in [0.1, 0.15) is 17.2 Å². The Balaban J connectivity index is 2.26. The van der Waals surface area contributed by atoms with Gasteiger partial charge in [0.15, 0.2) is 0 Å². The van der Waals surface area contributed by atoms with E-state index in [1.165, 1.54) is 12.1 Å². The van der Waals surface area contributed by atoms with Crippen molar-refractivity contribution in [2.45, 2.75) is 18.3 Å². The summed E-state index contributed by atoms with van der Waals surface area (Å²) in [6, 6.07) is 4.64. The van der Waals surface area contributed by atoms with E-state index in [1.807, 2.05) is 11.9 Å². The van der Waals surface area contributed by atoms with Crippen molar-refractivity contribution >= 4 is 0 Å². The Kier molecular flexibility index (Phi) is 4.13. The molecule has 3 nitrogen and oxygen atoms in total. The van der Waals surface area contributed by atoms with Gasteiger partial charge in [0.25, 0.3) is 0 Å². The van der Waals surface area contributed by atoms with Crippen molar-refractivity contribution < 1.29 is 17.9 Å². The Labute approximate surface area is 110 Å². The lowest BCUT2D eigenvalue weighted by atomic mass is 9.95. The lowest BCUT2D eigenvalue weighted by Gasteiger charge is -2.34. The molecule has 0 amide bonds. The average Bonchev–Trinajstić information content (AvgIpc) is 2.37. The van der Waals surface area contributed by atoms with Crippen molar-refractivity contribution in [3.05, 3.63) is 35.4 Å². The molecule has 2 N–H and O–H groups in total. The van der Waals surface area contributed by atoms with Gasteiger partial charge in [-0.1, -0.05) is 18.2 Å². The summed E-state index contributed by atoms with van der Waals surface area (Å²) in [4.78, 5) is 2.00. The third-order valence-corrected chi connectivity index (χ3v) is 3.32. The van der Waals surface area contributed by atoms with Crippen LogP contribution in [0.5, 0.6) is 0 Å². The van der Waals surface area contributed by atoms with Crippen molar-refractivity contribution in [3.63, 3.8) is 0 Å². The molecule has 0 bridgehead atoms. The topological polar surface area (TPSA) is 38.5 Å². The van der Waals surface area contributed by atoms with E-state index in [2.05, 4.69) is 0 Å². The molecule has 0 saturated carbocycles. The van der Waals surface area contributed by atoms with Crippen LogP contribution in [0, 0.1) is 0 Å². The van der Waals surface area contributed by atoms with E-state index < -0.39 is 23.9 Å². The maximum atomic E-state index is 12.9. The smallest absolute Gasteiger partial charge is 0.374 e. The first-order chi connectivity index (χ1) is 8.89. The van der Waals surface area contributed by atoms with Gasteiger partial charge in [-0.3, -0.25) is 0 Å². The van der Waals surface area contributed by atoms with Gasteiger partial charge in [-0.2, -0.15) is 13.2 Å². The molecule has 1 aliphatic heterocycles. The van der Waals surface area contributed by atoms with Crippen LogP contribution in [-0.2, 0) is 10.9 Å². The zero-order chi connectivity index (χ0) is 14.0. The monoisotopic (exact) mass is 274 g/mol. The second kappa shape index (κ2) is 5.48. The number of morpholine rings is 1. The fraction of sp³-hybridized carbons (Fsp3) is 0.538. The molecule has 19 heavy (non-hydrogen) atoms. The van der Waals surface area contributed by atoms with Crippen molar-refractivity contribution in [1.29, 1.82) is 0 Å². The summed E-state index contributed by atoms with van der Waals surface area (Å²) in [6.45, 7) is 1.79. The van der Waals surface area contributed by atoms with Crippen LogP contribution in [0.3, 0.4) is 0 Å². The third-order valence-electron chi connectivity index (χ3n) is 3.32. The molecule has 106 valence electrons.